The van der Waals surface area contributed by atoms with Crippen LogP contribution in [0.4, 0.5) is 0 Å². The van der Waals surface area contributed by atoms with Crippen LogP contribution in [-0.2, 0) is 6.42 Å². The smallest absolute Gasteiger partial charge is 0.271 e. The number of carbonyl (C=O) groups excluding carboxylic acids is 1. The molecule has 1 N–H and O–H groups in total. The van der Waals surface area contributed by atoms with Gasteiger partial charge in [0.2, 0.25) is 0 Å². The minimum Gasteiger partial charge on any atom is -0.344 e. The van der Waals surface area contributed by atoms with Crippen molar-refractivity contribution in [1.29, 1.82) is 0 Å². The predicted octanol–water partition coefficient (Wildman–Crippen LogP) is 3.37. The van der Waals surface area contributed by atoms with Gasteiger partial charge in [-0.25, -0.2) is 9.97 Å². The van der Waals surface area contributed by atoms with E-state index in [4.69, 9.17) is 4.52 Å². The maximum absolute atomic E-state index is 12.6. The van der Waals surface area contributed by atoms with Crippen LogP contribution in [0.5, 0.6) is 0 Å². The van der Waals surface area contributed by atoms with Crippen LogP contribution in [0.25, 0.3) is 17.3 Å². The molecule has 0 radical (unpaired) electrons. The molecule has 0 unspecified atom stereocenters. The van der Waals surface area contributed by atoms with Crippen LogP contribution in [0.2, 0.25) is 0 Å². The van der Waals surface area contributed by atoms with Crippen molar-refractivity contribution in [3.05, 3.63) is 78.3 Å². The van der Waals surface area contributed by atoms with E-state index in [0.29, 0.717) is 29.6 Å². The van der Waals surface area contributed by atoms with E-state index in [0.717, 1.165) is 11.1 Å². The molecular weight excluding hydrogens is 368 g/mol. The van der Waals surface area contributed by atoms with E-state index in [-0.39, 0.29) is 11.9 Å². The van der Waals surface area contributed by atoms with Crippen molar-refractivity contribution < 1.29 is 9.32 Å². The molecule has 8 heteroatoms. The second-order valence-electron chi connectivity index (χ2n) is 6.54. The molecule has 3 heterocycles. The molecular formula is C21H20N6O2. The van der Waals surface area contributed by atoms with Crippen LogP contribution in [0.15, 0.2) is 65.7 Å². The fraction of sp³-hybridized carbons (Fsp3) is 0.190. The first-order valence-electron chi connectivity index (χ1n) is 9.33. The topological polar surface area (TPSA) is 98.7 Å². The number of amides is 1. The molecule has 29 heavy (non-hydrogen) atoms. The number of imidazole rings is 1. The van der Waals surface area contributed by atoms with Crippen LogP contribution in [0.1, 0.15) is 41.8 Å². The zero-order valence-electron chi connectivity index (χ0n) is 16.1. The fourth-order valence-corrected chi connectivity index (χ4v) is 2.87. The molecule has 0 saturated carbocycles. The largest absolute Gasteiger partial charge is 0.344 e. The number of hydrogen-bond acceptors (Lipinski definition) is 6. The van der Waals surface area contributed by atoms with Crippen LogP contribution in [0.3, 0.4) is 0 Å². The van der Waals surface area contributed by atoms with E-state index < -0.39 is 0 Å². The molecule has 1 atom stereocenters. The highest BCUT2D eigenvalue weighted by Gasteiger charge is 2.15. The number of nitrogens with one attached hydrogen (secondary N) is 1. The van der Waals surface area contributed by atoms with E-state index in [1.54, 1.807) is 29.4 Å². The molecule has 0 spiro atoms. The number of pyridine rings is 1. The molecule has 146 valence electrons. The number of benzene rings is 1. The molecule has 1 aromatic carbocycles. The maximum Gasteiger partial charge on any atom is 0.271 e. The predicted molar refractivity (Wildman–Crippen MR) is 106 cm³/mol. The van der Waals surface area contributed by atoms with Gasteiger partial charge >= 0.3 is 0 Å². The van der Waals surface area contributed by atoms with E-state index in [9.17, 15) is 4.79 Å². The van der Waals surface area contributed by atoms with E-state index in [2.05, 4.69) is 25.4 Å². The van der Waals surface area contributed by atoms with Gasteiger partial charge in [0.15, 0.2) is 5.82 Å². The van der Waals surface area contributed by atoms with Gasteiger partial charge in [-0.3, -0.25) is 9.36 Å². The van der Waals surface area contributed by atoms with E-state index >= 15 is 0 Å². The number of aromatic nitrogens is 5. The first kappa shape index (κ1) is 18.5. The molecule has 4 rings (SSSR count). The summed E-state index contributed by atoms with van der Waals surface area (Å²) < 4.78 is 6.97. The molecule has 4 aromatic rings. The Labute approximate surface area is 167 Å². The first-order chi connectivity index (χ1) is 14.1. The van der Waals surface area contributed by atoms with Crippen molar-refractivity contribution in [2.75, 3.05) is 0 Å². The minimum atomic E-state index is -0.249. The summed E-state index contributed by atoms with van der Waals surface area (Å²) in [7, 11) is 0. The molecule has 3 aromatic heterocycles. The van der Waals surface area contributed by atoms with Gasteiger partial charge in [0.25, 0.3) is 11.8 Å². The van der Waals surface area contributed by atoms with E-state index in [1.807, 2.05) is 50.2 Å². The lowest BCUT2D eigenvalue weighted by atomic mass is 10.1. The van der Waals surface area contributed by atoms with Gasteiger partial charge in [-0.05, 0) is 24.6 Å². The second-order valence-corrected chi connectivity index (χ2v) is 6.54. The third-order valence-electron chi connectivity index (χ3n) is 4.50. The summed E-state index contributed by atoms with van der Waals surface area (Å²) in [5.74, 6) is 1.43. The standard InChI is InChI=1S/C21H20N6O2/c1-3-18-25-21(29-26-18)16-9-10-22-19(11-16)27-12-17(23-13-27)20(28)24-14(2)15-7-5-4-6-8-15/h4-14H,3H2,1-2H3,(H,24,28)/t14-/m0/s1. The summed E-state index contributed by atoms with van der Waals surface area (Å²) >= 11 is 0. The zero-order chi connectivity index (χ0) is 20.2. The highest BCUT2D eigenvalue weighted by atomic mass is 16.5. The Balaban J connectivity index is 1.51. The number of aryl methyl sites for hydroxylation is 1. The van der Waals surface area contributed by atoms with Crippen LogP contribution < -0.4 is 5.32 Å². The monoisotopic (exact) mass is 388 g/mol. The Bertz CT molecular complexity index is 1120. The summed E-state index contributed by atoms with van der Waals surface area (Å²) in [6.07, 6.45) is 5.55. The second kappa shape index (κ2) is 8.05. The van der Waals surface area contributed by atoms with Gasteiger partial charge in [-0.1, -0.05) is 42.4 Å². The maximum atomic E-state index is 12.6. The Kier molecular flexibility index (Phi) is 5.15. The normalized spacial score (nSPS) is 11.9. The summed E-state index contributed by atoms with van der Waals surface area (Å²) in [6.45, 7) is 3.90. The Morgan fingerprint density at radius 2 is 2.03 bits per heavy atom. The third-order valence-corrected chi connectivity index (χ3v) is 4.50. The summed E-state index contributed by atoms with van der Waals surface area (Å²) in [5, 5.41) is 6.87. The Morgan fingerprint density at radius 1 is 1.21 bits per heavy atom. The van der Waals surface area contributed by atoms with Gasteiger partial charge in [0, 0.05) is 24.4 Å². The summed E-state index contributed by atoms with van der Waals surface area (Å²) in [6, 6.07) is 13.3. The molecule has 0 aliphatic rings. The average molecular weight is 388 g/mol. The molecule has 0 aliphatic heterocycles. The molecule has 0 saturated heterocycles. The zero-order valence-corrected chi connectivity index (χ0v) is 16.1. The first-order valence-corrected chi connectivity index (χ1v) is 9.33. The van der Waals surface area contributed by atoms with Gasteiger partial charge < -0.3 is 9.84 Å². The highest BCUT2D eigenvalue weighted by Crippen LogP contribution is 2.19. The number of carbonyl (C=O) groups is 1. The van der Waals surface area contributed by atoms with E-state index in [1.165, 1.54) is 0 Å². The van der Waals surface area contributed by atoms with Crippen molar-refractivity contribution in [2.24, 2.45) is 0 Å². The highest BCUT2D eigenvalue weighted by molar-refractivity contribution is 5.92. The molecule has 8 nitrogen and oxygen atoms in total. The molecule has 0 bridgehead atoms. The quantitative estimate of drug-likeness (QED) is 0.544. The van der Waals surface area contributed by atoms with Gasteiger partial charge in [0.1, 0.15) is 17.8 Å². The number of rotatable bonds is 6. The average Bonchev–Trinajstić information content (AvgIpc) is 3.44. The van der Waals surface area contributed by atoms with Gasteiger partial charge in [-0.2, -0.15) is 4.98 Å². The Morgan fingerprint density at radius 3 is 2.79 bits per heavy atom. The Hall–Kier alpha value is -3.81. The molecule has 1 amide bonds. The SMILES string of the molecule is CCc1noc(-c2ccnc(-n3cnc(C(=O)N[C@@H](C)c4ccccc4)c3)c2)n1. The van der Waals surface area contributed by atoms with Crippen molar-refractivity contribution in [3.63, 3.8) is 0 Å². The summed E-state index contributed by atoms with van der Waals surface area (Å²) in [5.41, 5.74) is 2.09. The van der Waals surface area contributed by atoms with Crippen molar-refractivity contribution in [1.82, 2.24) is 30.0 Å². The van der Waals surface area contributed by atoms with Crippen LogP contribution >= 0.6 is 0 Å². The van der Waals surface area contributed by atoms with Crippen molar-refractivity contribution in [2.45, 2.75) is 26.3 Å². The van der Waals surface area contributed by atoms with Crippen molar-refractivity contribution >= 4 is 5.91 Å². The minimum absolute atomic E-state index is 0.124. The number of nitrogens with zero attached hydrogens (tertiary/aromatic N) is 5. The third kappa shape index (κ3) is 4.06. The van der Waals surface area contributed by atoms with Crippen molar-refractivity contribution in [3.8, 4) is 17.3 Å². The lowest BCUT2D eigenvalue weighted by Crippen LogP contribution is -2.26. The molecule has 0 aliphatic carbocycles. The fourth-order valence-electron chi connectivity index (χ4n) is 2.87. The molecule has 0 fully saturated rings. The van der Waals surface area contributed by atoms with Crippen LogP contribution in [-0.4, -0.2) is 30.6 Å². The van der Waals surface area contributed by atoms with Gasteiger partial charge in [-0.15, -0.1) is 0 Å². The lowest BCUT2D eigenvalue weighted by molar-refractivity contribution is 0.0935. The lowest BCUT2D eigenvalue weighted by Gasteiger charge is -2.13. The van der Waals surface area contributed by atoms with Crippen LogP contribution in [0, 0.1) is 0 Å². The van der Waals surface area contributed by atoms with Gasteiger partial charge in [0.05, 0.1) is 6.04 Å². The number of hydrogen-bond donors (Lipinski definition) is 1. The summed E-state index contributed by atoms with van der Waals surface area (Å²) in [4.78, 5) is 25.5.